The lowest BCUT2D eigenvalue weighted by Crippen LogP contribution is -2.46. The molecule has 2 heterocycles. The summed E-state index contributed by atoms with van der Waals surface area (Å²) in [6, 6.07) is 22.5. The minimum absolute atomic E-state index is 0.300. The number of thioether (sulfide) groups is 1. The van der Waals surface area contributed by atoms with E-state index >= 15 is 0 Å². The Morgan fingerprint density at radius 3 is 2.51 bits per heavy atom. The molecule has 0 bridgehead atoms. The van der Waals surface area contributed by atoms with Crippen molar-refractivity contribution in [1.82, 2.24) is 9.97 Å². The number of aldehydes is 1. The Morgan fingerprint density at radius 1 is 1.02 bits per heavy atom. The third kappa shape index (κ3) is 9.11. The summed E-state index contributed by atoms with van der Waals surface area (Å²) in [5, 5.41) is 7.67. The van der Waals surface area contributed by atoms with Crippen LogP contribution in [0.15, 0.2) is 115 Å². The molecule has 1 fully saturated rings. The molecule has 262 valence electrons. The topological polar surface area (TPSA) is 93.6 Å². The fourth-order valence-electron chi connectivity index (χ4n) is 6.17. The number of allylic oxidation sites excluding steroid dienone is 6. The van der Waals surface area contributed by atoms with Crippen molar-refractivity contribution in [3.63, 3.8) is 0 Å². The Balaban J connectivity index is 1.02. The molecule has 1 aliphatic heterocycles. The van der Waals surface area contributed by atoms with E-state index in [0.29, 0.717) is 17.1 Å². The highest BCUT2D eigenvalue weighted by Gasteiger charge is 2.20. The summed E-state index contributed by atoms with van der Waals surface area (Å²) >= 11 is 1.85. The van der Waals surface area contributed by atoms with Crippen molar-refractivity contribution in [2.24, 2.45) is 0 Å². The van der Waals surface area contributed by atoms with Gasteiger partial charge in [-0.05, 0) is 92.1 Å². The average molecular weight is 717 g/mol. The Morgan fingerprint density at radius 2 is 1.78 bits per heavy atom. The lowest BCUT2D eigenvalue weighted by molar-refractivity contribution is 0.111. The highest BCUT2D eigenvalue weighted by molar-refractivity contribution is 8.03. The third-order valence-electron chi connectivity index (χ3n) is 8.91. The first-order valence-electron chi connectivity index (χ1n) is 17.1. The minimum atomic E-state index is -2.85. The number of benzene rings is 3. The van der Waals surface area contributed by atoms with Crippen molar-refractivity contribution in [3.05, 3.63) is 132 Å². The first kappa shape index (κ1) is 36.0. The number of carbonyl (C=O) groups excluding carboxylic acids is 1. The normalized spacial score (nSPS) is 15.5. The Bertz CT molecular complexity index is 2030. The van der Waals surface area contributed by atoms with E-state index in [-0.39, 0.29) is 0 Å². The molecule has 1 aliphatic carbocycles. The van der Waals surface area contributed by atoms with Crippen molar-refractivity contribution in [2.45, 2.75) is 20.3 Å². The Kier molecular flexibility index (Phi) is 11.6. The SMILES string of the molecule is C=C(C)c1ncc(C=O)nc1-c1cccc(N2CCN(c3ccc(NP(=C)(O)c4ccc(NCCSC5=CCC=CC=C5)c(C)c4)cc3)CC2)c1. The van der Waals surface area contributed by atoms with E-state index in [1.165, 1.54) is 11.1 Å². The number of anilines is 4. The number of hydrogen-bond donors (Lipinski definition) is 3. The van der Waals surface area contributed by atoms with Crippen LogP contribution in [0.5, 0.6) is 0 Å². The quantitative estimate of drug-likeness (QED) is 0.0720. The van der Waals surface area contributed by atoms with Gasteiger partial charge in [0.25, 0.3) is 0 Å². The zero-order chi connectivity index (χ0) is 35.8. The second-order valence-electron chi connectivity index (χ2n) is 12.7. The van der Waals surface area contributed by atoms with Crippen molar-refractivity contribution >= 4 is 65.2 Å². The number of aromatic nitrogens is 2. The molecule has 8 nitrogen and oxygen atoms in total. The van der Waals surface area contributed by atoms with E-state index in [2.05, 4.69) is 105 Å². The summed E-state index contributed by atoms with van der Waals surface area (Å²) in [5.41, 5.74) is 8.60. The Labute approximate surface area is 305 Å². The standard InChI is InChI=1S/C41H45N6O2PS/c1-30(2)40-41(44-34(29-48)28-43-40)32-10-9-11-36(27-32)47-23-21-46(22-24-47)35-16-14-33(15-17-35)45-50(4,49)37-18-19-39(31(3)26-37)42-20-25-51-38-12-7-5-6-8-13-38/h5-7,9-19,26-29,42,45,49H,1,4,8,20-25H2,2-3H3. The van der Waals surface area contributed by atoms with Gasteiger partial charge in [-0.2, -0.15) is 0 Å². The van der Waals surface area contributed by atoms with Gasteiger partial charge < -0.3 is 25.1 Å². The molecule has 51 heavy (non-hydrogen) atoms. The van der Waals surface area contributed by atoms with Gasteiger partial charge in [0, 0.05) is 77.0 Å². The lowest BCUT2D eigenvalue weighted by Gasteiger charge is -2.37. The van der Waals surface area contributed by atoms with Gasteiger partial charge in [0.15, 0.2) is 6.29 Å². The number of nitrogens with zero attached hydrogens (tertiary/aromatic N) is 4. The van der Waals surface area contributed by atoms with Crippen LogP contribution in [0.3, 0.4) is 0 Å². The molecule has 1 atom stereocenters. The number of carbonyl (C=O) groups is 1. The van der Waals surface area contributed by atoms with E-state index in [1.54, 1.807) is 0 Å². The molecule has 3 aromatic carbocycles. The Hall–Kier alpha value is -4.82. The molecular formula is C41H45N6O2PS. The molecule has 6 rings (SSSR count). The van der Waals surface area contributed by atoms with Crippen LogP contribution in [0.25, 0.3) is 16.8 Å². The van der Waals surface area contributed by atoms with E-state index < -0.39 is 7.26 Å². The number of piperazine rings is 1. The van der Waals surface area contributed by atoms with Gasteiger partial charge in [0.1, 0.15) is 13.0 Å². The zero-order valence-corrected chi connectivity index (χ0v) is 31.0. The fraction of sp³-hybridized carbons (Fsp3) is 0.220. The van der Waals surface area contributed by atoms with E-state index in [4.69, 9.17) is 0 Å². The number of aryl methyl sites for hydroxylation is 1. The molecule has 4 aromatic rings. The van der Waals surface area contributed by atoms with Gasteiger partial charge in [0.2, 0.25) is 0 Å². The van der Waals surface area contributed by atoms with E-state index in [9.17, 15) is 9.69 Å². The maximum Gasteiger partial charge on any atom is 0.170 e. The first-order valence-corrected chi connectivity index (χ1v) is 20.1. The average Bonchev–Trinajstić information content (AvgIpc) is 3.43. The third-order valence-corrected chi connectivity index (χ3v) is 11.7. The van der Waals surface area contributed by atoms with Gasteiger partial charge in [0.05, 0.1) is 17.6 Å². The molecule has 0 radical (unpaired) electrons. The molecular weight excluding hydrogens is 672 g/mol. The van der Waals surface area contributed by atoms with Crippen LogP contribution in [0, 0.1) is 6.92 Å². The fourth-order valence-corrected chi connectivity index (χ4v) is 8.43. The molecule has 3 N–H and O–H groups in total. The summed E-state index contributed by atoms with van der Waals surface area (Å²) < 4.78 is 0. The predicted molar refractivity (Wildman–Crippen MR) is 221 cm³/mol. The van der Waals surface area contributed by atoms with Crippen molar-refractivity contribution < 1.29 is 9.69 Å². The zero-order valence-electron chi connectivity index (χ0n) is 29.3. The second kappa shape index (κ2) is 16.5. The van der Waals surface area contributed by atoms with Crippen molar-refractivity contribution in [3.8, 4) is 11.3 Å². The van der Waals surface area contributed by atoms with Crippen molar-refractivity contribution in [1.29, 1.82) is 0 Å². The van der Waals surface area contributed by atoms with Gasteiger partial charge in [-0.15, -0.1) is 11.8 Å². The number of rotatable bonds is 13. The summed E-state index contributed by atoms with van der Waals surface area (Å²) in [5.74, 6) is 0.970. The minimum Gasteiger partial charge on any atom is -0.384 e. The maximum atomic E-state index is 11.5. The number of nitrogens with one attached hydrogen (secondary N) is 2. The largest absolute Gasteiger partial charge is 0.384 e. The van der Waals surface area contributed by atoms with Crippen LogP contribution < -0.4 is 25.5 Å². The summed E-state index contributed by atoms with van der Waals surface area (Å²) in [6.07, 6.45) is 18.1. The molecule has 1 saturated heterocycles. The molecule has 2 aliphatic rings. The van der Waals surface area contributed by atoms with Crippen LogP contribution in [0.2, 0.25) is 0 Å². The highest BCUT2D eigenvalue weighted by Crippen LogP contribution is 2.40. The lowest BCUT2D eigenvalue weighted by atomic mass is 10.0. The van der Waals surface area contributed by atoms with E-state index in [0.717, 1.165) is 95.9 Å². The van der Waals surface area contributed by atoms with Crippen LogP contribution in [-0.2, 0) is 0 Å². The molecule has 1 aromatic heterocycles. The summed E-state index contributed by atoms with van der Waals surface area (Å²) in [4.78, 5) is 37.9. The van der Waals surface area contributed by atoms with Crippen LogP contribution in [0.1, 0.15) is 35.1 Å². The van der Waals surface area contributed by atoms with Gasteiger partial charge in [-0.1, -0.05) is 49.3 Å². The first-order chi connectivity index (χ1) is 24.7. The molecule has 0 amide bonds. The second-order valence-corrected chi connectivity index (χ2v) is 16.2. The molecule has 1 unspecified atom stereocenters. The molecule has 0 saturated carbocycles. The van der Waals surface area contributed by atoms with Crippen LogP contribution in [-0.4, -0.2) is 65.9 Å². The van der Waals surface area contributed by atoms with Crippen LogP contribution >= 0.6 is 19.0 Å². The van der Waals surface area contributed by atoms with Gasteiger partial charge >= 0.3 is 0 Å². The van der Waals surface area contributed by atoms with Crippen molar-refractivity contribution in [2.75, 3.05) is 58.7 Å². The monoisotopic (exact) mass is 716 g/mol. The molecule has 0 spiro atoms. The molecule has 10 heteroatoms. The van der Waals surface area contributed by atoms with Gasteiger partial charge in [-0.3, -0.25) is 9.78 Å². The summed E-state index contributed by atoms with van der Waals surface area (Å²) in [6.45, 7) is 12.3. The van der Waals surface area contributed by atoms with Crippen LogP contribution in [0.4, 0.5) is 22.7 Å². The summed E-state index contributed by atoms with van der Waals surface area (Å²) in [7, 11) is -2.85. The maximum absolute atomic E-state index is 11.5. The number of hydrogen-bond acceptors (Lipinski definition) is 9. The van der Waals surface area contributed by atoms with E-state index in [1.807, 2.05) is 61.2 Å². The van der Waals surface area contributed by atoms with Gasteiger partial charge in [-0.25, -0.2) is 4.98 Å². The highest BCUT2D eigenvalue weighted by atomic mass is 32.2. The predicted octanol–water partition coefficient (Wildman–Crippen LogP) is 8.18. The smallest absolute Gasteiger partial charge is 0.170 e.